The van der Waals surface area contributed by atoms with Gasteiger partial charge in [0.25, 0.3) is 0 Å². The van der Waals surface area contributed by atoms with E-state index in [4.69, 9.17) is 21.1 Å². The van der Waals surface area contributed by atoms with Crippen LogP contribution in [-0.2, 0) is 6.61 Å². The Hall–Kier alpha value is -2.35. The quantitative estimate of drug-likeness (QED) is 0.441. The monoisotopic (exact) mass is 422 g/mol. The van der Waals surface area contributed by atoms with Gasteiger partial charge in [-0.25, -0.2) is 0 Å². The standard InChI is InChI=1S/C18H15ClN4O2S.ClH/c1-2-24-14-5-3-4-6-15(14)25-11-16-22-23-17(20-21-18(23)26-16)12-7-9-13(19)10-8-12;/h3-10H,2,11H2,1H3;1H. The number of hydrogen-bond donors (Lipinski definition) is 0. The summed E-state index contributed by atoms with van der Waals surface area (Å²) >= 11 is 7.39. The number of para-hydroxylation sites is 2. The van der Waals surface area contributed by atoms with E-state index in [1.54, 1.807) is 4.52 Å². The van der Waals surface area contributed by atoms with Gasteiger partial charge in [-0.3, -0.25) is 0 Å². The van der Waals surface area contributed by atoms with Crippen LogP contribution in [0.3, 0.4) is 0 Å². The minimum atomic E-state index is 0. The van der Waals surface area contributed by atoms with E-state index in [-0.39, 0.29) is 12.4 Å². The van der Waals surface area contributed by atoms with Crippen molar-refractivity contribution in [1.82, 2.24) is 19.8 Å². The van der Waals surface area contributed by atoms with Gasteiger partial charge in [0.05, 0.1) is 6.61 Å². The van der Waals surface area contributed by atoms with Crippen LogP contribution in [0.4, 0.5) is 0 Å². The molecule has 6 nitrogen and oxygen atoms in total. The molecule has 0 N–H and O–H groups in total. The predicted molar refractivity (Wildman–Crippen MR) is 108 cm³/mol. The second kappa shape index (κ2) is 8.56. The van der Waals surface area contributed by atoms with Crippen molar-refractivity contribution >= 4 is 40.3 Å². The SMILES string of the molecule is CCOc1ccccc1OCc1nn2c(-c3ccc(Cl)cc3)nnc2s1.Cl. The van der Waals surface area contributed by atoms with E-state index in [2.05, 4.69) is 15.3 Å². The van der Waals surface area contributed by atoms with Crippen molar-refractivity contribution in [1.29, 1.82) is 0 Å². The number of ether oxygens (including phenoxy) is 2. The Morgan fingerprint density at radius 3 is 2.41 bits per heavy atom. The van der Waals surface area contributed by atoms with E-state index < -0.39 is 0 Å². The zero-order valence-corrected chi connectivity index (χ0v) is 16.7. The molecule has 0 aliphatic carbocycles. The summed E-state index contributed by atoms with van der Waals surface area (Å²) in [4.78, 5) is 0.714. The third kappa shape index (κ3) is 4.16. The third-order valence-corrected chi connectivity index (χ3v) is 4.76. The van der Waals surface area contributed by atoms with Crippen LogP contribution in [-0.4, -0.2) is 26.4 Å². The highest BCUT2D eigenvalue weighted by Crippen LogP contribution is 2.28. The summed E-state index contributed by atoms with van der Waals surface area (Å²) in [5.41, 5.74) is 0.904. The van der Waals surface area contributed by atoms with E-state index in [1.165, 1.54) is 11.3 Å². The summed E-state index contributed by atoms with van der Waals surface area (Å²) in [6, 6.07) is 15.0. The molecular formula is C18H16Cl2N4O2S. The zero-order chi connectivity index (χ0) is 17.9. The molecule has 4 rings (SSSR count). The topological polar surface area (TPSA) is 61.5 Å². The molecule has 0 fully saturated rings. The molecule has 0 spiro atoms. The first-order chi connectivity index (χ1) is 12.7. The lowest BCUT2D eigenvalue weighted by atomic mass is 10.2. The molecule has 0 unspecified atom stereocenters. The summed E-state index contributed by atoms with van der Waals surface area (Å²) in [6.07, 6.45) is 0. The Kier molecular flexibility index (Phi) is 6.15. The van der Waals surface area contributed by atoms with E-state index in [1.807, 2.05) is 55.5 Å². The number of halogens is 2. The third-order valence-electron chi connectivity index (χ3n) is 3.64. The van der Waals surface area contributed by atoms with Crippen molar-refractivity contribution in [2.75, 3.05) is 6.61 Å². The molecule has 140 valence electrons. The van der Waals surface area contributed by atoms with Crippen molar-refractivity contribution in [3.8, 4) is 22.9 Å². The number of nitrogens with zero attached hydrogens (tertiary/aromatic N) is 4. The molecule has 0 aliphatic heterocycles. The van der Waals surface area contributed by atoms with Gasteiger partial charge < -0.3 is 9.47 Å². The van der Waals surface area contributed by atoms with Gasteiger partial charge in [-0.15, -0.1) is 22.6 Å². The summed E-state index contributed by atoms with van der Waals surface area (Å²) in [6.45, 7) is 2.86. The highest BCUT2D eigenvalue weighted by Gasteiger charge is 2.14. The van der Waals surface area contributed by atoms with Crippen molar-refractivity contribution in [2.45, 2.75) is 13.5 Å². The minimum absolute atomic E-state index is 0. The Morgan fingerprint density at radius 2 is 1.70 bits per heavy atom. The van der Waals surface area contributed by atoms with Crippen LogP contribution in [0, 0.1) is 0 Å². The average molecular weight is 423 g/mol. The highest BCUT2D eigenvalue weighted by atomic mass is 35.5. The molecular weight excluding hydrogens is 407 g/mol. The first-order valence-electron chi connectivity index (χ1n) is 8.06. The van der Waals surface area contributed by atoms with Gasteiger partial charge >= 0.3 is 0 Å². The fourth-order valence-electron chi connectivity index (χ4n) is 2.48. The molecule has 27 heavy (non-hydrogen) atoms. The Morgan fingerprint density at radius 1 is 1.00 bits per heavy atom. The number of benzene rings is 2. The van der Waals surface area contributed by atoms with E-state index >= 15 is 0 Å². The molecule has 2 aromatic heterocycles. The van der Waals surface area contributed by atoms with Crippen molar-refractivity contribution in [3.63, 3.8) is 0 Å². The summed E-state index contributed by atoms with van der Waals surface area (Å²) in [5, 5.41) is 14.5. The molecule has 2 aromatic carbocycles. The molecule has 0 saturated heterocycles. The molecule has 0 bridgehead atoms. The van der Waals surface area contributed by atoms with Gasteiger partial charge in [0.2, 0.25) is 4.96 Å². The molecule has 0 saturated carbocycles. The van der Waals surface area contributed by atoms with Crippen molar-refractivity contribution in [2.24, 2.45) is 0 Å². The second-order valence-electron chi connectivity index (χ2n) is 5.39. The highest BCUT2D eigenvalue weighted by molar-refractivity contribution is 7.16. The van der Waals surface area contributed by atoms with Gasteiger partial charge in [0, 0.05) is 10.6 Å². The first-order valence-corrected chi connectivity index (χ1v) is 9.25. The smallest absolute Gasteiger partial charge is 0.235 e. The van der Waals surface area contributed by atoms with E-state index in [0.717, 1.165) is 16.3 Å². The average Bonchev–Trinajstić information content (AvgIpc) is 3.22. The normalized spacial score (nSPS) is 10.6. The predicted octanol–water partition coefficient (Wildman–Crippen LogP) is 4.91. The van der Waals surface area contributed by atoms with Crippen LogP contribution in [0.25, 0.3) is 16.3 Å². The molecule has 2 heterocycles. The van der Waals surface area contributed by atoms with Crippen molar-refractivity contribution in [3.05, 3.63) is 58.6 Å². The largest absolute Gasteiger partial charge is 0.490 e. The van der Waals surface area contributed by atoms with Gasteiger partial charge in [-0.05, 0) is 43.3 Å². The maximum Gasteiger partial charge on any atom is 0.235 e. The number of rotatable bonds is 6. The zero-order valence-electron chi connectivity index (χ0n) is 14.3. The van der Waals surface area contributed by atoms with E-state index in [0.29, 0.717) is 34.8 Å². The van der Waals surface area contributed by atoms with E-state index in [9.17, 15) is 0 Å². The second-order valence-corrected chi connectivity index (χ2v) is 6.87. The maximum atomic E-state index is 5.95. The number of hydrogen-bond acceptors (Lipinski definition) is 6. The fraction of sp³-hybridized carbons (Fsp3) is 0.167. The Labute approximate surface area is 171 Å². The van der Waals surface area contributed by atoms with Gasteiger partial charge in [-0.2, -0.15) is 9.61 Å². The van der Waals surface area contributed by atoms with Gasteiger partial charge in [-0.1, -0.05) is 35.1 Å². The lowest BCUT2D eigenvalue weighted by molar-refractivity contribution is 0.268. The van der Waals surface area contributed by atoms with Crippen LogP contribution in [0.2, 0.25) is 5.02 Å². The number of aromatic nitrogens is 4. The van der Waals surface area contributed by atoms with Crippen LogP contribution in [0.5, 0.6) is 11.5 Å². The lowest BCUT2D eigenvalue weighted by Crippen LogP contribution is -2.00. The molecule has 0 radical (unpaired) electrons. The molecule has 0 aliphatic rings. The summed E-state index contributed by atoms with van der Waals surface area (Å²) in [5.74, 6) is 2.09. The molecule has 9 heteroatoms. The fourth-order valence-corrected chi connectivity index (χ4v) is 3.35. The van der Waals surface area contributed by atoms with Crippen LogP contribution < -0.4 is 9.47 Å². The molecule has 0 atom stereocenters. The van der Waals surface area contributed by atoms with Crippen molar-refractivity contribution < 1.29 is 9.47 Å². The summed E-state index contributed by atoms with van der Waals surface area (Å²) in [7, 11) is 0. The lowest BCUT2D eigenvalue weighted by Gasteiger charge is -2.10. The summed E-state index contributed by atoms with van der Waals surface area (Å²) < 4.78 is 13.2. The molecule has 0 amide bonds. The van der Waals surface area contributed by atoms with Gasteiger partial charge in [0.1, 0.15) is 6.61 Å². The van der Waals surface area contributed by atoms with Crippen LogP contribution >= 0.6 is 35.3 Å². The minimum Gasteiger partial charge on any atom is -0.490 e. The number of fused-ring (bicyclic) bond motifs is 1. The molecule has 4 aromatic rings. The van der Waals surface area contributed by atoms with Gasteiger partial charge in [0.15, 0.2) is 22.3 Å². The van der Waals surface area contributed by atoms with Crippen LogP contribution in [0.1, 0.15) is 11.9 Å². The first kappa shape index (κ1) is 19.4. The van der Waals surface area contributed by atoms with Crippen LogP contribution in [0.15, 0.2) is 48.5 Å². The maximum absolute atomic E-state index is 5.95. The Bertz CT molecular complexity index is 1030. The Balaban J connectivity index is 0.00000210.